The van der Waals surface area contributed by atoms with Crippen molar-refractivity contribution in [1.82, 2.24) is 4.98 Å². The molecule has 3 rings (SSSR count). The highest BCUT2D eigenvalue weighted by Gasteiger charge is 2.17. The van der Waals surface area contributed by atoms with E-state index in [2.05, 4.69) is 10.3 Å². The van der Waals surface area contributed by atoms with Gasteiger partial charge in [-0.25, -0.2) is 8.78 Å². The first kappa shape index (κ1) is 20.5. The van der Waals surface area contributed by atoms with Crippen LogP contribution >= 0.6 is 0 Å². The van der Waals surface area contributed by atoms with Crippen LogP contribution in [0.4, 0.5) is 20.2 Å². The molecule has 144 valence electrons. The van der Waals surface area contributed by atoms with Crippen LogP contribution in [0.5, 0.6) is 0 Å². The van der Waals surface area contributed by atoms with Gasteiger partial charge in [0.2, 0.25) is 5.91 Å². The van der Waals surface area contributed by atoms with Gasteiger partial charge in [-0.15, -0.1) is 0 Å². The van der Waals surface area contributed by atoms with Crippen molar-refractivity contribution in [2.24, 2.45) is 5.73 Å². The van der Waals surface area contributed by atoms with Crippen LogP contribution < -0.4 is 16.6 Å². The standard InChI is InChI=1S/C19H14F2N4O2.CH4/c20-12-2-1-3-13(21)17(12)25-14-8-9-24-19(27)15(14)16(22)10-4-6-11(7-5-10)18(23)26;/h1-9,22H,(H2,23,26)(H2,24,25,27);1H4. The zero-order chi connectivity index (χ0) is 19.6. The highest BCUT2D eigenvalue weighted by atomic mass is 19.1. The lowest BCUT2D eigenvalue weighted by atomic mass is 10.0. The number of benzene rings is 2. The SMILES string of the molecule is C.N=C(c1ccc(C(N)=O)cc1)c1c(Nc2c(F)cccc2F)cc[nH]c1=O. The Morgan fingerprint density at radius 2 is 1.57 bits per heavy atom. The number of halogens is 2. The van der Waals surface area contributed by atoms with Crippen molar-refractivity contribution in [2.45, 2.75) is 7.43 Å². The molecule has 1 aromatic heterocycles. The zero-order valence-corrected chi connectivity index (χ0v) is 13.8. The summed E-state index contributed by atoms with van der Waals surface area (Å²) >= 11 is 0. The van der Waals surface area contributed by atoms with Crippen molar-refractivity contribution in [2.75, 3.05) is 5.32 Å². The molecule has 8 heteroatoms. The van der Waals surface area contributed by atoms with Crippen molar-refractivity contribution in [1.29, 1.82) is 5.41 Å². The van der Waals surface area contributed by atoms with Crippen LogP contribution in [0.1, 0.15) is 28.9 Å². The molecule has 0 radical (unpaired) electrons. The summed E-state index contributed by atoms with van der Waals surface area (Å²) in [5.41, 5.74) is 4.49. The Kier molecular flexibility index (Phi) is 6.04. The van der Waals surface area contributed by atoms with Crippen molar-refractivity contribution in [3.8, 4) is 0 Å². The van der Waals surface area contributed by atoms with Gasteiger partial charge in [0, 0.05) is 17.3 Å². The first-order valence-corrected chi connectivity index (χ1v) is 7.80. The number of para-hydroxylation sites is 1. The molecular weight excluding hydrogens is 366 g/mol. The van der Waals surface area contributed by atoms with Crippen molar-refractivity contribution in [3.05, 3.63) is 93.4 Å². The topological polar surface area (TPSA) is 112 Å². The first-order chi connectivity index (χ1) is 12.9. The van der Waals surface area contributed by atoms with Crippen LogP contribution in [0, 0.1) is 17.0 Å². The van der Waals surface area contributed by atoms with E-state index in [1.165, 1.54) is 42.6 Å². The molecule has 2 aromatic carbocycles. The van der Waals surface area contributed by atoms with Gasteiger partial charge in [0.25, 0.3) is 5.56 Å². The molecule has 0 aliphatic carbocycles. The summed E-state index contributed by atoms with van der Waals surface area (Å²) in [6.07, 6.45) is 1.30. The Bertz CT molecular complexity index is 1070. The van der Waals surface area contributed by atoms with Gasteiger partial charge in [-0.1, -0.05) is 25.6 Å². The lowest BCUT2D eigenvalue weighted by Gasteiger charge is -2.13. The van der Waals surface area contributed by atoms with Gasteiger partial charge in [0.05, 0.1) is 17.0 Å². The van der Waals surface area contributed by atoms with Gasteiger partial charge in [0.15, 0.2) is 0 Å². The fraction of sp³-hybridized carbons (Fsp3) is 0.0500. The number of hydrogen-bond donors (Lipinski definition) is 4. The molecule has 1 heterocycles. The number of nitrogens with one attached hydrogen (secondary N) is 3. The Balaban J connectivity index is 0.00000280. The van der Waals surface area contributed by atoms with E-state index in [9.17, 15) is 18.4 Å². The molecule has 0 unspecified atom stereocenters. The van der Waals surface area contributed by atoms with E-state index in [4.69, 9.17) is 11.1 Å². The van der Waals surface area contributed by atoms with E-state index >= 15 is 0 Å². The summed E-state index contributed by atoms with van der Waals surface area (Å²) in [4.78, 5) is 25.9. The Morgan fingerprint density at radius 3 is 2.14 bits per heavy atom. The van der Waals surface area contributed by atoms with Gasteiger partial charge < -0.3 is 16.0 Å². The summed E-state index contributed by atoms with van der Waals surface area (Å²) in [5.74, 6) is -2.29. The normalized spacial score (nSPS) is 10.1. The van der Waals surface area contributed by atoms with Crippen molar-refractivity contribution in [3.63, 3.8) is 0 Å². The smallest absolute Gasteiger partial charge is 0.259 e. The predicted octanol–water partition coefficient (Wildman–Crippen LogP) is 3.55. The maximum atomic E-state index is 13.9. The largest absolute Gasteiger partial charge is 0.366 e. The second-order valence-electron chi connectivity index (χ2n) is 5.63. The number of hydrogen-bond acceptors (Lipinski definition) is 4. The minimum atomic E-state index is -0.835. The van der Waals surface area contributed by atoms with E-state index in [0.717, 1.165) is 12.1 Å². The molecule has 0 spiro atoms. The molecule has 0 aliphatic rings. The molecule has 3 aromatic rings. The number of carbonyl (C=O) groups is 1. The minimum absolute atomic E-state index is 0. The van der Waals surface area contributed by atoms with E-state index in [1.807, 2.05) is 0 Å². The third-order valence-electron chi connectivity index (χ3n) is 3.89. The van der Waals surface area contributed by atoms with Crippen molar-refractivity contribution < 1.29 is 13.6 Å². The lowest BCUT2D eigenvalue weighted by molar-refractivity contribution is 0.100. The summed E-state index contributed by atoms with van der Waals surface area (Å²) in [6.45, 7) is 0. The third-order valence-corrected chi connectivity index (χ3v) is 3.89. The molecular formula is C20H18F2N4O2. The number of pyridine rings is 1. The number of aromatic nitrogens is 1. The maximum absolute atomic E-state index is 13.9. The highest BCUT2D eigenvalue weighted by molar-refractivity contribution is 6.14. The predicted molar refractivity (Wildman–Crippen MR) is 104 cm³/mol. The molecule has 1 amide bonds. The summed E-state index contributed by atoms with van der Waals surface area (Å²) < 4.78 is 27.9. The van der Waals surface area contributed by atoms with Crippen LogP contribution in [0.3, 0.4) is 0 Å². The number of nitrogens with two attached hydrogens (primary N) is 1. The monoisotopic (exact) mass is 384 g/mol. The molecule has 28 heavy (non-hydrogen) atoms. The lowest BCUT2D eigenvalue weighted by Crippen LogP contribution is -2.20. The van der Waals surface area contributed by atoms with Crippen LogP contribution in [-0.2, 0) is 0 Å². The first-order valence-electron chi connectivity index (χ1n) is 7.80. The number of anilines is 2. The maximum Gasteiger partial charge on any atom is 0.259 e. The van der Waals surface area contributed by atoms with Gasteiger partial charge >= 0.3 is 0 Å². The van der Waals surface area contributed by atoms with Gasteiger partial charge in [-0.05, 0) is 30.3 Å². The van der Waals surface area contributed by atoms with Crippen LogP contribution in [0.15, 0.2) is 59.5 Å². The molecule has 5 N–H and O–H groups in total. The molecule has 6 nitrogen and oxygen atoms in total. The molecule has 0 atom stereocenters. The molecule has 0 aliphatic heterocycles. The Labute approximate surface area is 159 Å². The number of primary amides is 1. The zero-order valence-electron chi connectivity index (χ0n) is 13.8. The average molecular weight is 384 g/mol. The van der Waals surface area contributed by atoms with Crippen LogP contribution in [0.2, 0.25) is 0 Å². The summed E-state index contributed by atoms with van der Waals surface area (Å²) in [6, 6.07) is 10.5. The number of H-pyrrole nitrogens is 1. The molecule has 0 saturated heterocycles. The Morgan fingerprint density at radius 1 is 1.00 bits per heavy atom. The van der Waals surface area contributed by atoms with Gasteiger partial charge in [-0.3, -0.25) is 15.0 Å². The minimum Gasteiger partial charge on any atom is -0.366 e. The van der Waals surface area contributed by atoms with E-state index in [1.54, 1.807) is 0 Å². The summed E-state index contributed by atoms with van der Waals surface area (Å²) in [5, 5.41) is 10.9. The number of rotatable bonds is 5. The van der Waals surface area contributed by atoms with Gasteiger partial charge in [0.1, 0.15) is 17.3 Å². The molecule has 0 fully saturated rings. The second kappa shape index (κ2) is 8.26. The van der Waals surface area contributed by atoms with Crippen LogP contribution in [-0.4, -0.2) is 16.6 Å². The van der Waals surface area contributed by atoms with E-state index in [-0.39, 0.29) is 30.0 Å². The highest BCUT2D eigenvalue weighted by Crippen LogP contribution is 2.25. The van der Waals surface area contributed by atoms with Crippen molar-refractivity contribution >= 4 is 23.0 Å². The fourth-order valence-electron chi connectivity index (χ4n) is 2.53. The van der Waals surface area contributed by atoms with Crippen LogP contribution in [0.25, 0.3) is 0 Å². The van der Waals surface area contributed by atoms with E-state index < -0.39 is 28.8 Å². The third kappa shape index (κ3) is 3.96. The summed E-state index contributed by atoms with van der Waals surface area (Å²) in [7, 11) is 0. The number of amides is 1. The average Bonchev–Trinajstić information content (AvgIpc) is 2.64. The molecule has 0 bridgehead atoms. The Hall–Kier alpha value is -3.81. The quantitative estimate of drug-likeness (QED) is 0.505. The van der Waals surface area contributed by atoms with Gasteiger partial charge in [-0.2, -0.15) is 0 Å². The fourth-order valence-corrected chi connectivity index (χ4v) is 2.53. The number of aromatic amines is 1. The number of carbonyl (C=O) groups excluding carboxylic acids is 1. The molecule has 0 saturated carbocycles. The second-order valence-corrected chi connectivity index (χ2v) is 5.63. The van der Waals surface area contributed by atoms with E-state index in [0.29, 0.717) is 5.56 Å².